The molecule has 72 valence electrons. The van der Waals surface area contributed by atoms with Crippen molar-refractivity contribution in [3.8, 4) is 11.3 Å². The normalized spacial score (nSPS) is 10.4. The Morgan fingerprint density at radius 1 is 1.36 bits per heavy atom. The molecule has 14 heavy (non-hydrogen) atoms. The van der Waals surface area contributed by atoms with E-state index in [1.54, 1.807) is 0 Å². The standard InChI is InChI=1S/C9H7ClN2S2/c10-6-4-2-1-3-5(6)7-8(11)14-9(13)12-7/h1-4H,11H2,(H,12,13). The lowest BCUT2D eigenvalue weighted by molar-refractivity contribution is 1.39. The Labute approximate surface area is 95.4 Å². The van der Waals surface area contributed by atoms with Crippen molar-refractivity contribution in [2.45, 2.75) is 0 Å². The van der Waals surface area contributed by atoms with Crippen molar-refractivity contribution in [3.63, 3.8) is 0 Å². The van der Waals surface area contributed by atoms with Gasteiger partial charge in [-0.1, -0.05) is 41.1 Å². The Morgan fingerprint density at radius 2 is 2.07 bits per heavy atom. The number of nitrogens with two attached hydrogens (primary N) is 1. The topological polar surface area (TPSA) is 41.8 Å². The quantitative estimate of drug-likeness (QED) is 0.749. The fourth-order valence-electron chi connectivity index (χ4n) is 1.20. The summed E-state index contributed by atoms with van der Waals surface area (Å²) in [6.45, 7) is 0. The highest BCUT2D eigenvalue weighted by molar-refractivity contribution is 7.73. The maximum absolute atomic E-state index is 6.04. The molecular formula is C9H7ClN2S2. The molecule has 0 atom stereocenters. The van der Waals surface area contributed by atoms with Gasteiger partial charge in [-0.15, -0.1) is 0 Å². The zero-order valence-corrected chi connectivity index (χ0v) is 9.47. The minimum Gasteiger partial charge on any atom is -0.389 e. The van der Waals surface area contributed by atoms with Crippen LogP contribution in [0.5, 0.6) is 0 Å². The Kier molecular flexibility index (Phi) is 2.58. The molecule has 0 fully saturated rings. The Hall–Kier alpha value is -0.840. The van der Waals surface area contributed by atoms with E-state index < -0.39 is 0 Å². The Morgan fingerprint density at radius 3 is 2.64 bits per heavy atom. The molecule has 0 aliphatic carbocycles. The van der Waals surface area contributed by atoms with Gasteiger partial charge in [0.2, 0.25) is 0 Å². The summed E-state index contributed by atoms with van der Waals surface area (Å²) in [5.41, 5.74) is 7.50. The number of rotatable bonds is 1. The van der Waals surface area contributed by atoms with Crippen molar-refractivity contribution >= 4 is 40.2 Å². The van der Waals surface area contributed by atoms with Crippen molar-refractivity contribution in [2.24, 2.45) is 0 Å². The second kappa shape index (κ2) is 3.73. The van der Waals surface area contributed by atoms with Gasteiger partial charge in [0.1, 0.15) is 5.00 Å². The zero-order chi connectivity index (χ0) is 10.1. The summed E-state index contributed by atoms with van der Waals surface area (Å²) < 4.78 is 0.664. The monoisotopic (exact) mass is 242 g/mol. The summed E-state index contributed by atoms with van der Waals surface area (Å²) in [7, 11) is 0. The van der Waals surface area contributed by atoms with E-state index in [1.807, 2.05) is 24.3 Å². The fourth-order valence-corrected chi connectivity index (χ4v) is 2.42. The van der Waals surface area contributed by atoms with Crippen LogP contribution in [0.2, 0.25) is 5.02 Å². The molecule has 0 spiro atoms. The van der Waals surface area contributed by atoms with Crippen LogP contribution in [-0.2, 0) is 0 Å². The maximum Gasteiger partial charge on any atom is 0.160 e. The van der Waals surface area contributed by atoms with Gasteiger partial charge in [-0.2, -0.15) is 0 Å². The highest BCUT2D eigenvalue weighted by Crippen LogP contribution is 2.33. The Bertz CT molecular complexity index is 516. The molecule has 0 aliphatic rings. The fraction of sp³-hybridized carbons (Fsp3) is 0. The van der Waals surface area contributed by atoms with E-state index in [2.05, 4.69) is 4.98 Å². The number of thiazole rings is 1. The van der Waals surface area contributed by atoms with E-state index in [4.69, 9.17) is 29.6 Å². The van der Waals surface area contributed by atoms with Crippen molar-refractivity contribution in [1.82, 2.24) is 4.98 Å². The molecule has 1 aromatic carbocycles. The summed E-state index contributed by atoms with van der Waals surface area (Å²) in [5.74, 6) is 0. The smallest absolute Gasteiger partial charge is 0.160 e. The predicted molar refractivity (Wildman–Crippen MR) is 64.4 cm³/mol. The number of hydrogen-bond acceptors (Lipinski definition) is 3. The molecule has 2 aromatic rings. The molecule has 0 unspecified atom stereocenters. The number of benzene rings is 1. The van der Waals surface area contributed by atoms with Crippen molar-refractivity contribution in [3.05, 3.63) is 33.2 Å². The van der Waals surface area contributed by atoms with Gasteiger partial charge in [-0.25, -0.2) is 0 Å². The number of aromatic nitrogens is 1. The van der Waals surface area contributed by atoms with Crippen molar-refractivity contribution in [2.75, 3.05) is 5.73 Å². The number of H-pyrrole nitrogens is 1. The van der Waals surface area contributed by atoms with E-state index in [1.165, 1.54) is 11.3 Å². The molecular weight excluding hydrogens is 236 g/mol. The van der Waals surface area contributed by atoms with Gasteiger partial charge in [0.15, 0.2) is 3.95 Å². The largest absolute Gasteiger partial charge is 0.389 e. The van der Waals surface area contributed by atoms with Gasteiger partial charge in [-0.3, -0.25) is 0 Å². The third-order valence-electron chi connectivity index (χ3n) is 1.82. The number of aromatic amines is 1. The van der Waals surface area contributed by atoms with Crippen LogP contribution >= 0.6 is 35.2 Å². The first-order valence-electron chi connectivity index (χ1n) is 3.92. The lowest BCUT2D eigenvalue weighted by Gasteiger charge is -2.01. The molecule has 2 nitrogen and oxygen atoms in total. The molecule has 2 rings (SSSR count). The first-order valence-corrected chi connectivity index (χ1v) is 5.52. The molecule has 1 aromatic heterocycles. The second-order valence-corrected chi connectivity index (χ2v) is 4.86. The maximum atomic E-state index is 6.04. The van der Waals surface area contributed by atoms with Crippen LogP contribution < -0.4 is 5.73 Å². The third-order valence-corrected chi connectivity index (χ3v) is 3.21. The number of hydrogen-bond donors (Lipinski definition) is 2. The molecule has 0 amide bonds. The first kappa shape index (κ1) is 9.71. The van der Waals surface area contributed by atoms with E-state index in [0.29, 0.717) is 14.0 Å². The van der Waals surface area contributed by atoms with Crippen LogP contribution in [0.25, 0.3) is 11.3 Å². The predicted octanol–water partition coefficient (Wildman–Crippen LogP) is 3.71. The van der Waals surface area contributed by atoms with E-state index >= 15 is 0 Å². The van der Waals surface area contributed by atoms with Gasteiger partial charge in [0.25, 0.3) is 0 Å². The first-order chi connectivity index (χ1) is 6.68. The summed E-state index contributed by atoms with van der Waals surface area (Å²) in [5, 5.41) is 1.34. The van der Waals surface area contributed by atoms with E-state index in [-0.39, 0.29) is 0 Å². The molecule has 5 heteroatoms. The molecule has 3 N–H and O–H groups in total. The van der Waals surface area contributed by atoms with E-state index in [0.717, 1.165) is 11.3 Å². The molecule has 0 saturated heterocycles. The number of halogens is 1. The zero-order valence-electron chi connectivity index (χ0n) is 7.08. The van der Waals surface area contributed by atoms with Gasteiger partial charge in [-0.05, 0) is 18.3 Å². The SMILES string of the molecule is Nc1sc(=S)[nH]c1-c1ccccc1Cl. The lowest BCUT2D eigenvalue weighted by atomic mass is 10.2. The van der Waals surface area contributed by atoms with Gasteiger partial charge in [0.05, 0.1) is 5.69 Å². The van der Waals surface area contributed by atoms with Crippen LogP contribution in [0, 0.1) is 3.95 Å². The number of anilines is 1. The molecule has 0 aliphatic heterocycles. The highest BCUT2D eigenvalue weighted by atomic mass is 35.5. The Balaban J connectivity index is 2.66. The van der Waals surface area contributed by atoms with Crippen LogP contribution in [0.4, 0.5) is 5.00 Å². The van der Waals surface area contributed by atoms with Crippen LogP contribution in [0.3, 0.4) is 0 Å². The third kappa shape index (κ3) is 1.68. The molecule has 0 bridgehead atoms. The average Bonchev–Trinajstić information content (AvgIpc) is 2.46. The molecule has 0 saturated carbocycles. The minimum atomic E-state index is 0.664. The van der Waals surface area contributed by atoms with E-state index in [9.17, 15) is 0 Å². The van der Waals surface area contributed by atoms with Crippen LogP contribution in [0.1, 0.15) is 0 Å². The number of nitrogen functional groups attached to an aromatic ring is 1. The number of nitrogens with one attached hydrogen (secondary N) is 1. The molecule has 1 heterocycles. The van der Waals surface area contributed by atoms with Crippen LogP contribution in [-0.4, -0.2) is 4.98 Å². The summed E-state index contributed by atoms with van der Waals surface area (Å²) in [6, 6.07) is 7.52. The molecule has 0 radical (unpaired) electrons. The van der Waals surface area contributed by atoms with Gasteiger partial charge < -0.3 is 10.7 Å². The average molecular weight is 243 g/mol. The van der Waals surface area contributed by atoms with Gasteiger partial charge in [0, 0.05) is 10.6 Å². The lowest BCUT2D eigenvalue weighted by Crippen LogP contribution is -1.86. The second-order valence-electron chi connectivity index (χ2n) is 2.73. The van der Waals surface area contributed by atoms with Crippen molar-refractivity contribution in [1.29, 1.82) is 0 Å². The van der Waals surface area contributed by atoms with Gasteiger partial charge >= 0.3 is 0 Å². The van der Waals surface area contributed by atoms with Crippen molar-refractivity contribution < 1.29 is 0 Å². The summed E-state index contributed by atoms with van der Waals surface area (Å²) >= 11 is 12.4. The highest BCUT2D eigenvalue weighted by Gasteiger charge is 2.08. The van der Waals surface area contributed by atoms with Crippen LogP contribution in [0.15, 0.2) is 24.3 Å². The minimum absolute atomic E-state index is 0.664. The summed E-state index contributed by atoms with van der Waals surface area (Å²) in [6.07, 6.45) is 0. The summed E-state index contributed by atoms with van der Waals surface area (Å²) in [4.78, 5) is 3.03.